The lowest BCUT2D eigenvalue weighted by Gasteiger charge is -2.33. The number of rotatable bonds is 5. The molecule has 0 bridgehead atoms. The van der Waals surface area contributed by atoms with E-state index in [4.69, 9.17) is 9.47 Å². The SMILES string of the molecule is C=COCCCN1CCOC[C@H]1C. The van der Waals surface area contributed by atoms with Crippen molar-refractivity contribution in [3.63, 3.8) is 0 Å². The minimum atomic E-state index is 0.553. The Labute approximate surface area is 80.3 Å². The van der Waals surface area contributed by atoms with Gasteiger partial charge in [-0.05, 0) is 13.3 Å². The van der Waals surface area contributed by atoms with Gasteiger partial charge in [-0.2, -0.15) is 0 Å². The molecule has 1 heterocycles. The second-order valence-corrected chi connectivity index (χ2v) is 3.35. The summed E-state index contributed by atoms with van der Waals surface area (Å²) in [6.07, 6.45) is 2.57. The minimum absolute atomic E-state index is 0.553. The first-order chi connectivity index (χ1) is 6.34. The molecule has 3 nitrogen and oxygen atoms in total. The van der Waals surface area contributed by atoms with Gasteiger partial charge in [-0.1, -0.05) is 6.58 Å². The molecule has 1 aliphatic heterocycles. The van der Waals surface area contributed by atoms with Crippen LogP contribution >= 0.6 is 0 Å². The molecule has 0 radical (unpaired) electrons. The van der Waals surface area contributed by atoms with Crippen LogP contribution in [0.5, 0.6) is 0 Å². The Kier molecular flexibility index (Phi) is 4.86. The minimum Gasteiger partial charge on any atom is -0.502 e. The average Bonchev–Trinajstić information content (AvgIpc) is 2.15. The molecule has 1 rings (SSSR count). The fourth-order valence-electron chi connectivity index (χ4n) is 1.53. The average molecular weight is 185 g/mol. The molecule has 0 aliphatic carbocycles. The molecule has 13 heavy (non-hydrogen) atoms. The van der Waals surface area contributed by atoms with Gasteiger partial charge in [0.1, 0.15) is 0 Å². The van der Waals surface area contributed by atoms with E-state index in [1.54, 1.807) is 0 Å². The number of hydrogen-bond donors (Lipinski definition) is 0. The molecule has 0 N–H and O–H groups in total. The highest BCUT2D eigenvalue weighted by Crippen LogP contribution is 2.06. The number of nitrogens with zero attached hydrogens (tertiary/aromatic N) is 1. The van der Waals surface area contributed by atoms with Gasteiger partial charge in [0, 0.05) is 19.1 Å². The molecule has 0 unspecified atom stereocenters. The van der Waals surface area contributed by atoms with Gasteiger partial charge in [0.05, 0.1) is 26.1 Å². The van der Waals surface area contributed by atoms with E-state index in [0.29, 0.717) is 6.04 Å². The van der Waals surface area contributed by atoms with E-state index in [9.17, 15) is 0 Å². The van der Waals surface area contributed by atoms with Gasteiger partial charge in [-0.15, -0.1) is 0 Å². The van der Waals surface area contributed by atoms with E-state index in [1.165, 1.54) is 6.26 Å². The quantitative estimate of drug-likeness (QED) is 0.475. The van der Waals surface area contributed by atoms with Crippen LogP contribution in [0.3, 0.4) is 0 Å². The van der Waals surface area contributed by atoms with Crippen molar-refractivity contribution in [2.24, 2.45) is 0 Å². The molecule has 0 saturated carbocycles. The third-order valence-corrected chi connectivity index (χ3v) is 2.33. The molecule has 3 heteroatoms. The topological polar surface area (TPSA) is 21.7 Å². The van der Waals surface area contributed by atoms with Crippen LogP contribution in [0, 0.1) is 0 Å². The predicted octanol–water partition coefficient (Wildman–Crippen LogP) is 1.26. The van der Waals surface area contributed by atoms with Crippen molar-refractivity contribution in [3.8, 4) is 0 Å². The lowest BCUT2D eigenvalue weighted by atomic mass is 10.2. The fraction of sp³-hybridized carbons (Fsp3) is 0.800. The molecule has 0 spiro atoms. The van der Waals surface area contributed by atoms with Gasteiger partial charge in [0.15, 0.2) is 0 Å². The van der Waals surface area contributed by atoms with Crippen molar-refractivity contribution < 1.29 is 9.47 Å². The van der Waals surface area contributed by atoms with Crippen LogP contribution in [0.25, 0.3) is 0 Å². The molecule has 0 aromatic rings. The molecule has 1 aliphatic rings. The third-order valence-electron chi connectivity index (χ3n) is 2.33. The Morgan fingerprint density at radius 1 is 1.69 bits per heavy atom. The van der Waals surface area contributed by atoms with Gasteiger partial charge in [-0.25, -0.2) is 0 Å². The summed E-state index contributed by atoms with van der Waals surface area (Å²) in [5, 5.41) is 0. The first kappa shape index (κ1) is 10.5. The maximum absolute atomic E-state index is 5.35. The summed E-state index contributed by atoms with van der Waals surface area (Å²) in [6.45, 7) is 10.4. The lowest BCUT2D eigenvalue weighted by molar-refractivity contribution is -0.00263. The summed E-state index contributed by atoms with van der Waals surface area (Å²) in [7, 11) is 0. The van der Waals surface area contributed by atoms with E-state index < -0.39 is 0 Å². The monoisotopic (exact) mass is 185 g/mol. The largest absolute Gasteiger partial charge is 0.502 e. The van der Waals surface area contributed by atoms with Crippen LogP contribution in [0.1, 0.15) is 13.3 Å². The molecule has 0 amide bonds. The summed E-state index contributed by atoms with van der Waals surface area (Å²) in [6, 6.07) is 0.553. The zero-order valence-corrected chi connectivity index (χ0v) is 8.37. The molecule has 0 aromatic heterocycles. The Balaban J connectivity index is 2.08. The first-order valence-corrected chi connectivity index (χ1v) is 4.89. The van der Waals surface area contributed by atoms with Crippen LogP contribution in [-0.2, 0) is 9.47 Å². The van der Waals surface area contributed by atoms with Gasteiger partial charge in [0.25, 0.3) is 0 Å². The highest BCUT2D eigenvalue weighted by Gasteiger charge is 2.17. The van der Waals surface area contributed by atoms with Gasteiger partial charge < -0.3 is 9.47 Å². The van der Waals surface area contributed by atoms with Crippen molar-refractivity contribution in [3.05, 3.63) is 12.8 Å². The molecule has 0 aromatic carbocycles. The van der Waals surface area contributed by atoms with Crippen molar-refractivity contribution in [2.45, 2.75) is 19.4 Å². The molecule has 1 saturated heterocycles. The maximum atomic E-state index is 5.35. The zero-order valence-electron chi connectivity index (χ0n) is 8.37. The van der Waals surface area contributed by atoms with E-state index >= 15 is 0 Å². The van der Waals surface area contributed by atoms with Crippen molar-refractivity contribution in [1.82, 2.24) is 4.90 Å². The summed E-state index contributed by atoms with van der Waals surface area (Å²) >= 11 is 0. The summed E-state index contributed by atoms with van der Waals surface area (Å²) < 4.78 is 10.4. The molecule has 1 fully saturated rings. The smallest absolute Gasteiger partial charge is 0.0885 e. The molecular formula is C10H19NO2. The van der Waals surface area contributed by atoms with Crippen molar-refractivity contribution >= 4 is 0 Å². The van der Waals surface area contributed by atoms with E-state index in [-0.39, 0.29) is 0 Å². The standard InChI is InChI=1S/C10H19NO2/c1-3-12-7-4-5-11-6-8-13-9-10(11)2/h3,10H,1,4-9H2,2H3/t10-/m1/s1. The first-order valence-electron chi connectivity index (χ1n) is 4.89. The highest BCUT2D eigenvalue weighted by atomic mass is 16.5. The number of morpholine rings is 1. The second-order valence-electron chi connectivity index (χ2n) is 3.35. The molecule has 1 atom stereocenters. The summed E-state index contributed by atoms with van der Waals surface area (Å²) in [5.41, 5.74) is 0. The Morgan fingerprint density at radius 2 is 2.54 bits per heavy atom. The predicted molar refractivity (Wildman–Crippen MR) is 52.6 cm³/mol. The van der Waals surface area contributed by atoms with Crippen molar-refractivity contribution in [1.29, 1.82) is 0 Å². The van der Waals surface area contributed by atoms with Crippen molar-refractivity contribution in [2.75, 3.05) is 32.9 Å². The van der Waals surface area contributed by atoms with Crippen LogP contribution in [0.4, 0.5) is 0 Å². The van der Waals surface area contributed by atoms with Crippen LogP contribution in [0.2, 0.25) is 0 Å². The third kappa shape index (κ3) is 3.79. The molecule has 76 valence electrons. The Hall–Kier alpha value is -0.540. The van der Waals surface area contributed by atoms with Gasteiger partial charge in [0.2, 0.25) is 0 Å². The zero-order chi connectivity index (χ0) is 9.52. The van der Waals surface area contributed by atoms with Crippen LogP contribution < -0.4 is 0 Å². The Bertz CT molecular complexity index is 150. The lowest BCUT2D eigenvalue weighted by Crippen LogP contribution is -2.44. The normalized spacial score (nSPS) is 24.2. The van der Waals surface area contributed by atoms with Gasteiger partial charge in [-0.3, -0.25) is 4.90 Å². The second kappa shape index (κ2) is 6.00. The summed E-state index contributed by atoms with van der Waals surface area (Å²) in [4.78, 5) is 2.44. The van der Waals surface area contributed by atoms with E-state index in [2.05, 4.69) is 18.4 Å². The fourth-order valence-corrected chi connectivity index (χ4v) is 1.53. The van der Waals surface area contributed by atoms with E-state index in [0.717, 1.165) is 39.3 Å². The number of ether oxygens (including phenoxy) is 2. The van der Waals surface area contributed by atoms with Crippen LogP contribution in [0.15, 0.2) is 12.8 Å². The highest BCUT2D eigenvalue weighted by molar-refractivity contribution is 4.70. The molecular weight excluding hydrogens is 166 g/mol. The van der Waals surface area contributed by atoms with E-state index in [1.807, 2.05) is 0 Å². The van der Waals surface area contributed by atoms with Crippen LogP contribution in [-0.4, -0.2) is 43.9 Å². The Morgan fingerprint density at radius 3 is 3.23 bits per heavy atom. The number of hydrogen-bond acceptors (Lipinski definition) is 3. The van der Waals surface area contributed by atoms with Gasteiger partial charge >= 0.3 is 0 Å². The maximum Gasteiger partial charge on any atom is 0.0885 e. The summed E-state index contributed by atoms with van der Waals surface area (Å²) in [5.74, 6) is 0.